The van der Waals surface area contributed by atoms with Crippen LogP contribution in [0.15, 0.2) is 24.3 Å². The zero-order valence-electron chi connectivity index (χ0n) is 26.9. The monoisotopic (exact) mass is 642 g/mol. The highest BCUT2D eigenvalue weighted by Gasteiger charge is 2.47. The van der Waals surface area contributed by atoms with Crippen molar-refractivity contribution < 1.29 is 38.9 Å². The van der Waals surface area contributed by atoms with E-state index in [2.05, 4.69) is 16.0 Å². The summed E-state index contributed by atoms with van der Waals surface area (Å²) in [5.41, 5.74) is 1.25. The van der Waals surface area contributed by atoms with Crippen molar-refractivity contribution >= 4 is 35.2 Å². The molecule has 5 N–H and O–H groups in total. The topological polar surface area (TPSA) is 181 Å². The van der Waals surface area contributed by atoms with Crippen LogP contribution in [0.5, 0.6) is 0 Å². The normalized spacial score (nSPS) is 31.0. The van der Waals surface area contributed by atoms with Gasteiger partial charge in [-0.05, 0) is 29.5 Å². The Balaban J connectivity index is 1.42. The van der Waals surface area contributed by atoms with Gasteiger partial charge in [0, 0.05) is 57.8 Å². The number of piperazine rings is 1. The van der Waals surface area contributed by atoms with Gasteiger partial charge in [-0.3, -0.25) is 28.9 Å². The van der Waals surface area contributed by atoms with Crippen molar-refractivity contribution in [3.8, 4) is 0 Å². The lowest BCUT2D eigenvalue weighted by Crippen LogP contribution is -2.63. The number of ether oxygens (including phenoxy) is 1. The molecular formula is C32H46N6O8. The van der Waals surface area contributed by atoms with E-state index in [0.29, 0.717) is 25.2 Å². The zero-order valence-corrected chi connectivity index (χ0v) is 26.9. The van der Waals surface area contributed by atoms with Crippen LogP contribution in [0.4, 0.5) is 5.69 Å². The Morgan fingerprint density at radius 3 is 2.37 bits per heavy atom. The molecule has 1 aromatic rings. The number of fused-ring (bicyclic) bond motifs is 6. The van der Waals surface area contributed by atoms with Crippen molar-refractivity contribution in [3.63, 3.8) is 0 Å². The summed E-state index contributed by atoms with van der Waals surface area (Å²) in [6, 6.07) is 5.39. The molecule has 4 aliphatic rings. The molecule has 4 saturated heterocycles. The van der Waals surface area contributed by atoms with Gasteiger partial charge in [0.1, 0.15) is 24.4 Å². The number of amides is 5. The molecule has 5 amide bonds. The van der Waals surface area contributed by atoms with E-state index in [1.165, 1.54) is 11.8 Å². The molecule has 0 aliphatic carbocycles. The fourth-order valence-corrected chi connectivity index (χ4v) is 6.79. The molecule has 1 aromatic carbocycles. The summed E-state index contributed by atoms with van der Waals surface area (Å²) in [7, 11) is 0. The Labute approximate surface area is 268 Å². The summed E-state index contributed by atoms with van der Waals surface area (Å²) in [5, 5.41) is 29.7. The van der Waals surface area contributed by atoms with Crippen LogP contribution in [0.2, 0.25) is 0 Å². The van der Waals surface area contributed by atoms with E-state index in [4.69, 9.17) is 4.74 Å². The van der Waals surface area contributed by atoms with Gasteiger partial charge in [0.25, 0.3) is 0 Å². The maximum atomic E-state index is 14.2. The minimum atomic E-state index is -1.33. The highest BCUT2D eigenvalue weighted by Crippen LogP contribution is 2.28. The summed E-state index contributed by atoms with van der Waals surface area (Å²) >= 11 is 0. The number of aliphatic hydroxyl groups excluding tert-OH is 2. The molecule has 0 aromatic heterocycles. The lowest BCUT2D eigenvalue weighted by Gasteiger charge is -2.42. The number of rotatable bonds is 4. The number of hydrogen-bond acceptors (Lipinski definition) is 9. The molecule has 0 saturated carbocycles. The van der Waals surface area contributed by atoms with Gasteiger partial charge in [0.15, 0.2) is 0 Å². The third kappa shape index (κ3) is 7.85. The Hall–Kier alpha value is -3.59. The first-order chi connectivity index (χ1) is 21.7. The highest BCUT2D eigenvalue weighted by atomic mass is 16.5. The number of nitrogens with one attached hydrogen (secondary N) is 3. The molecule has 6 bridgehead atoms. The van der Waals surface area contributed by atoms with Crippen LogP contribution in [-0.2, 0) is 35.3 Å². The van der Waals surface area contributed by atoms with Gasteiger partial charge in [0.2, 0.25) is 29.5 Å². The van der Waals surface area contributed by atoms with Crippen LogP contribution in [0.25, 0.3) is 0 Å². The van der Waals surface area contributed by atoms with Crippen LogP contribution < -0.4 is 16.0 Å². The lowest BCUT2D eigenvalue weighted by atomic mass is 9.91. The van der Waals surface area contributed by atoms with E-state index < -0.39 is 42.4 Å². The predicted octanol–water partition coefficient (Wildman–Crippen LogP) is -0.811. The van der Waals surface area contributed by atoms with Crippen LogP contribution >= 0.6 is 0 Å². The summed E-state index contributed by atoms with van der Waals surface area (Å²) in [5.74, 6) is -1.42. The van der Waals surface area contributed by atoms with Crippen LogP contribution in [0, 0.1) is 5.41 Å². The van der Waals surface area contributed by atoms with Crippen molar-refractivity contribution in [2.75, 3.05) is 38.0 Å². The van der Waals surface area contributed by atoms with Gasteiger partial charge in [0.05, 0.1) is 25.1 Å². The van der Waals surface area contributed by atoms with Gasteiger partial charge < -0.3 is 40.7 Å². The van der Waals surface area contributed by atoms with E-state index in [-0.39, 0.29) is 74.1 Å². The first-order valence-corrected chi connectivity index (χ1v) is 16.0. The highest BCUT2D eigenvalue weighted by molar-refractivity contribution is 5.90. The third-order valence-corrected chi connectivity index (χ3v) is 9.04. The number of anilines is 1. The van der Waals surface area contributed by atoms with E-state index in [9.17, 15) is 34.2 Å². The molecular weight excluding hydrogens is 596 g/mol. The van der Waals surface area contributed by atoms with Crippen molar-refractivity contribution in [1.82, 2.24) is 25.3 Å². The van der Waals surface area contributed by atoms with Crippen LogP contribution in [0.1, 0.15) is 52.5 Å². The van der Waals surface area contributed by atoms with Crippen molar-refractivity contribution in [3.05, 3.63) is 29.8 Å². The van der Waals surface area contributed by atoms with Crippen molar-refractivity contribution in [2.24, 2.45) is 5.41 Å². The first kappa shape index (κ1) is 33.8. The minimum Gasteiger partial charge on any atom is -0.388 e. The van der Waals surface area contributed by atoms with Gasteiger partial charge in [-0.25, -0.2) is 0 Å². The lowest BCUT2D eigenvalue weighted by molar-refractivity contribution is -0.151. The van der Waals surface area contributed by atoms with Gasteiger partial charge in [-0.2, -0.15) is 0 Å². The fraction of sp³-hybridized carbons (Fsp3) is 0.656. The number of likely N-dealkylation sites (tertiary alicyclic amines) is 1. The smallest absolute Gasteiger partial charge is 0.244 e. The number of carbonyl (C=O) groups excluding carboxylic acids is 5. The molecule has 252 valence electrons. The predicted molar refractivity (Wildman–Crippen MR) is 166 cm³/mol. The van der Waals surface area contributed by atoms with E-state index in [1.54, 1.807) is 17.0 Å². The second kappa shape index (κ2) is 13.6. The third-order valence-electron chi connectivity index (χ3n) is 9.04. The largest absolute Gasteiger partial charge is 0.388 e. The fourth-order valence-electron chi connectivity index (χ4n) is 6.79. The molecule has 0 spiro atoms. The van der Waals surface area contributed by atoms with Gasteiger partial charge >= 0.3 is 0 Å². The Bertz CT molecular complexity index is 1330. The van der Waals surface area contributed by atoms with E-state index in [0.717, 1.165) is 5.56 Å². The number of nitrogens with zero attached hydrogens (tertiary/aromatic N) is 3. The van der Waals surface area contributed by atoms with E-state index >= 15 is 0 Å². The Kier molecular flexibility index (Phi) is 10.0. The molecule has 0 radical (unpaired) electrons. The van der Waals surface area contributed by atoms with Crippen LogP contribution in [0.3, 0.4) is 0 Å². The molecule has 0 unspecified atom stereocenters. The molecule has 4 aliphatic heterocycles. The van der Waals surface area contributed by atoms with E-state index in [1.807, 2.05) is 37.8 Å². The Morgan fingerprint density at radius 2 is 1.70 bits per heavy atom. The summed E-state index contributed by atoms with van der Waals surface area (Å²) < 4.78 is 5.82. The Morgan fingerprint density at radius 1 is 1.00 bits per heavy atom. The average Bonchev–Trinajstić information content (AvgIpc) is 3.49. The number of carbonyl (C=O) groups is 5. The molecule has 7 atom stereocenters. The van der Waals surface area contributed by atoms with Crippen LogP contribution in [-0.4, -0.2) is 130 Å². The van der Waals surface area contributed by atoms with Crippen molar-refractivity contribution in [1.29, 1.82) is 0 Å². The first-order valence-electron chi connectivity index (χ1n) is 16.0. The second-order valence-corrected chi connectivity index (χ2v) is 14.1. The number of hydrogen-bond donors (Lipinski definition) is 5. The summed E-state index contributed by atoms with van der Waals surface area (Å²) in [6.45, 7) is 8.33. The molecule has 4 fully saturated rings. The molecule has 4 heterocycles. The zero-order chi connectivity index (χ0) is 33.3. The maximum absolute atomic E-state index is 14.2. The number of benzene rings is 1. The summed E-state index contributed by atoms with van der Waals surface area (Å²) in [4.78, 5) is 70.9. The van der Waals surface area contributed by atoms with Gasteiger partial charge in [-0.1, -0.05) is 32.9 Å². The number of aliphatic hydroxyl groups is 2. The van der Waals surface area contributed by atoms with Crippen molar-refractivity contribution in [2.45, 2.75) is 96.0 Å². The standard InChI is InChI=1S/C32H46N6O8/c1-18(39)34-20-7-5-19(6-8-20)15-37-16-21-11-22(37)31(45)36-9-10-38(27(41)13-32(2,3)4)23(17-36)30(44)33-14-25-29(43)28(42)24(46-25)12-26(40)35-21/h5-8,21-25,28-29,42-43H,9-17H2,1-4H3,(H,33,44)(H,34,39)(H,35,40)/t21-,22-,23-,24-,25+,28-,29+/m0/s1. The van der Waals surface area contributed by atoms with Gasteiger partial charge in [-0.15, -0.1) is 0 Å². The minimum absolute atomic E-state index is 0.00729. The molecule has 5 rings (SSSR count). The molecule has 46 heavy (non-hydrogen) atoms. The maximum Gasteiger partial charge on any atom is 0.244 e. The average molecular weight is 643 g/mol. The molecule has 14 heteroatoms. The molecule has 14 nitrogen and oxygen atoms in total. The SMILES string of the molecule is CC(=O)Nc1ccc(CN2C[C@@H]3C[C@H]2C(=O)N2CCN(C(=O)CC(C)(C)C)[C@@H](C2)C(=O)NC[C@H]2O[C@@H](CC(=O)N3)[C@H](O)[C@@H]2O)cc1. The second-order valence-electron chi connectivity index (χ2n) is 14.1. The quantitative estimate of drug-likeness (QED) is 0.281. The summed E-state index contributed by atoms with van der Waals surface area (Å²) in [6.07, 6.45) is -4.22.